The predicted molar refractivity (Wildman–Crippen MR) is 100 cm³/mol. The second-order valence-corrected chi connectivity index (χ2v) is 6.77. The van der Waals surface area contributed by atoms with E-state index in [1.165, 1.54) is 0 Å². The van der Waals surface area contributed by atoms with E-state index in [2.05, 4.69) is 24.3 Å². The maximum Gasteiger partial charge on any atom is 0.342 e. The van der Waals surface area contributed by atoms with E-state index < -0.39 is 5.54 Å². The number of benzene rings is 3. The lowest BCUT2D eigenvalue weighted by molar-refractivity contribution is -0.136. The molecule has 0 amide bonds. The quantitative estimate of drug-likeness (QED) is 0.667. The highest BCUT2D eigenvalue weighted by Gasteiger charge is 2.74. The number of hydrogen-bond acceptors (Lipinski definition) is 3. The van der Waals surface area contributed by atoms with Gasteiger partial charge in [-0.25, -0.2) is 9.79 Å². The highest BCUT2D eigenvalue weighted by molar-refractivity contribution is 6.11. The van der Waals surface area contributed by atoms with Gasteiger partial charge in [-0.1, -0.05) is 78.9 Å². The lowest BCUT2D eigenvalue weighted by atomic mass is 10.0. The summed E-state index contributed by atoms with van der Waals surface area (Å²) in [5.41, 5.74) is 2.23. The van der Waals surface area contributed by atoms with E-state index in [1.807, 2.05) is 66.7 Å². The summed E-state index contributed by atoms with van der Waals surface area (Å²) < 4.78 is 5.64. The van der Waals surface area contributed by atoms with Gasteiger partial charge in [-0.15, -0.1) is 0 Å². The zero-order valence-electron chi connectivity index (χ0n) is 14.1. The van der Waals surface area contributed by atoms with Crippen molar-refractivity contribution in [1.82, 2.24) is 0 Å². The molecule has 3 aromatic rings. The second kappa shape index (κ2) is 5.67. The Hall–Kier alpha value is -3.20. The Kier molecular flexibility index (Phi) is 3.29. The number of carbonyl (C=O) groups is 1. The van der Waals surface area contributed by atoms with E-state index in [4.69, 9.17) is 9.73 Å². The van der Waals surface area contributed by atoms with E-state index in [0.29, 0.717) is 5.90 Å². The number of cyclic esters (lactones) is 1. The molecule has 1 saturated carbocycles. The number of rotatable bonds is 3. The molecule has 3 nitrogen and oxygen atoms in total. The first kappa shape index (κ1) is 15.1. The van der Waals surface area contributed by atoms with E-state index in [-0.39, 0.29) is 17.8 Å². The Morgan fingerprint density at radius 1 is 0.692 bits per heavy atom. The van der Waals surface area contributed by atoms with Crippen LogP contribution in [0.1, 0.15) is 28.5 Å². The molecule has 0 N–H and O–H groups in total. The van der Waals surface area contributed by atoms with Crippen LogP contribution in [0.2, 0.25) is 0 Å². The van der Waals surface area contributed by atoms with Crippen LogP contribution in [0, 0.1) is 0 Å². The number of aliphatic imine (C=N–C) groups is 1. The Morgan fingerprint density at radius 3 is 1.65 bits per heavy atom. The number of carbonyl (C=O) groups excluding carboxylic acids is 1. The fourth-order valence-electron chi connectivity index (χ4n) is 4.09. The second-order valence-electron chi connectivity index (χ2n) is 6.77. The topological polar surface area (TPSA) is 38.7 Å². The maximum absolute atomic E-state index is 13.0. The van der Waals surface area contributed by atoms with Gasteiger partial charge < -0.3 is 4.74 Å². The van der Waals surface area contributed by atoms with Crippen molar-refractivity contribution in [3.8, 4) is 0 Å². The van der Waals surface area contributed by atoms with Crippen molar-refractivity contribution in [2.24, 2.45) is 4.99 Å². The Morgan fingerprint density at radius 2 is 1.15 bits per heavy atom. The van der Waals surface area contributed by atoms with Crippen molar-refractivity contribution in [2.75, 3.05) is 0 Å². The molecule has 2 atom stereocenters. The van der Waals surface area contributed by atoms with Gasteiger partial charge in [0.25, 0.3) is 0 Å². The molecule has 2 aliphatic rings. The maximum atomic E-state index is 13.0. The van der Waals surface area contributed by atoms with Crippen molar-refractivity contribution in [3.05, 3.63) is 108 Å². The lowest BCUT2D eigenvalue weighted by Gasteiger charge is -2.02. The summed E-state index contributed by atoms with van der Waals surface area (Å²) in [6, 6.07) is 29.9. The van der Waals surface area contributed by atoms with Crippen molar-refractivity contribution < 1.29 is 9.53 Å². The molecule has 0 bridgehead atoms. The molecule has 1 aliphatic heterocycles. The monoisotopic (exact) mass is 339 g/mol. The van der Waals surface area contributed by atoms with Crippen molar-refractivity contribution >= 4 is 11.9 Å². The van der Waals surface area contributed by atoms with Gasteiger partial charge in [0.1, 0.15) is 0 Å². The third-order valence-electron chi connectivity index (χ3n) is 5.31. The molecule has 0 unspecified atom stereocenters. The SMILES string of the molecule is O=C1OC(c2ccccc2)=NC12[C@@H](c1ccccc1)[C@@H]2c1ccccc1. The summed E-state index contributed by atoms with van der Waals surface area (Å²) in [5.74, 6) is 0.175. The minimum atomic E-state index is -0.853. The first-order valence-corrected chi connectivity index (χ1v) is 8.78. The predicted octanol–water partition coefficient (Wildman–Crippen LogP) is 4.31. The Bertz CT molecular complexity index is 935. The minimum Gasteiger partial charge on any atom is -0.405 e. The van der Waals surface area contributed by atoms with E-state index in [9.17, 15) is 4.79 Å². The molecule has 5 rings (SSSR count). The average molecular weight is 339 g/mol. The van der Waals surface area contributed by atoms with Crippen LogP contribution in [0.15, 0.2) is 96.0 Å². The summed E-state index contributed by atoms with van der Waals surface area (Å²) in [7, 11) is 0. The molecule has 3 aromatic carbocycles. The van der Waals surface area contributed by atoms with Gasteiger partial charge >= 0.3 is 5.97 Å². The molecule has 3 heteroatoms. The largest absolute Gasteiger partial charge is 0.405 e. The van der Waals surface area contributed by atoms with Crippen LogP contribution in [0.4, 0.5) is 0 Å². The molecule has 1 spiro atoms. The summed E-state index contributed by atoms with van der Waals surface area (Å²) in [6.07, 6.45) is 0. The zero-order valence-corrected chi connectivity index (χ0v) is 14.1. The van der Waals surface area contributed by atoms with Gasteiger partial charge in [-0.05, 0) is 23.3 Å². The van der Waals surface area contributed by atoms with Gasteiger partial charge in [0.15, 0.2) is 5.54 Å². The smallest absolute Gasteiger partial charge is 0.342 e. The van der Waals surface area contributed by atoms with Crippen LogP contribution in [0.25, 0.3) is 0 Å². The third kappa shape index (κ3) is 2.14. The van der Waals surface area contributed by atoms with Gasteiger partial charge in [-0.2, -0.15) is 0 Å². The highest BCUT2D eigenvalue weighted by Crippen LogP contribution is 2.68. The van der Waals surface area contributed by atoms with Crippen LogP contribution in [0.3, 0.4) is 0 Å². The van der Waals surface area contributed by atoms with Crippen LogP contribution in [0.5, 0.6) is 0 Å². The molecule has 1 heterocycles. The molecule has 0 saturated heterocycles. The van der Waals surface area contributed by atoms with Gasteiger partial charge in [-0.3, -0.25) is 0 Å². The summed E-state index contributed by atoms with van der Waals surface area (Å²) in [5, 5.41) is 0. The normalized spacial score (nSPS) is 26.5. The van der Waals surface area contributed by atoms with Crippen molar-refractivity contribution in [2.45, 2.75) is 17.4 Å². The van der Waals surface area contributed by atoms with Crippen LogP contribution >= 0.6 is 0 Å². The van der Waals surface area contributed by atoms with Crippen LogP contribution in [-0.2, 0) is 9.53 Å². The van der Waals surface area contributed by atoms with Crippen LogP contribution < -0.4 is 0 Å². The Labute approximate surface area is 152 Å². The van der Waals surface area contributed by atoms with Gasteiger partial charge in [0.05, 0.1) is 0 Å². The molecular formula is C23H17NO2. The fourth-order valence-corrected chi connectivity index (χ4v) is 4.09. The van der Waals surface area contributed by atoms with Gasteiger partial charge in [0, 0.05) is 17.4 Å². The molecule has 0 radical (unpaired) electrons. The zero-order chi connectivity index (χ0) is 17.6. The van der Waals surface area contributed by atoms with Crippen molar-refractivity contribution in [1.29, 1.82) is 0 Å². The highest BCUT2D eigenvalue weighted by atomic mass is 16.6. The molecule has 1 aliphatic carbocycles. The number of ether oxygens (including phenoxy) is 1. The summed E-state index contributed by atoms with van der Waals surface area (Å²) in [6.45, 7) is 0. The number of nitrogens with zero attached hydrogens (tertiary/aromatic N) is 1. The Balaban J connectivity index is 1.63. The first-order valence-electron chi connectivity index (χ1n) is 8.78. The lowest BCUT2D eigenvalue weighted by Crippen LogP contribution is -2.20. The minimum absolute atomic E-state index is 0.000174. The fraction of sp³-hybridized carbons (Fsp3) is 0.130. The first-order chi connectivity index (χ1) is 12.8. The standard InChI is InChI=1S/C23H17NO2/c25-22-23(24-21(26-22)18-14-8-3-9-15-18)19(16-10-4-1-5-11-16)20(23)17-12-6-2-7-13-17/h1-15,19-20H/t19-,20-/m0/s1. The van der Waals surface area contributed by atoms with Gasteiger partial charge in [0.2, 0.25) is 5.90 Å². The molecule has 126 valence electrons. The number of esters is 1. The van der Waals surface area contributed by atoms with E-state index in [0.717, 1.165) is 16.7 Å². The average Bonchev–Trinajstić information content (AvgIpc) is 3.27. The van der Waals surface area contributed by atoms with E-state index in [1.54, 1.807) is 0 Å². The van der Waals surface area contributed by atoms with Crippen molar-refractivity contribution in [3.63, 3.8) is 0 Å². The summed E-state index contributed by atoms with van der Waals surface area (Å²) in [4.78, 5) is 17.8. The molecule has 26 heavy (non-hydrogen) atoms. The van der Waals surface area contributed by atoms with Crippen LogP contribution in [-0.4, -0.2) is 17.4 Å². The molecular weight excluding hydrogens is 322 g/mol. The van der Waals surface area contributed by atoms with E-state index >= 15 is 0 Å². The third-order valence-corrected chi connectivity index (χ3v) is 5.31. The molecule has 0 aromatic heterocycles. The number of hydrogen-bond donors (Lipinski definition) is 0. The molecule has 1 fully saturated rings. The summed E-state index contributed by atoms with van der Waals surface area (Å²) >= 11 is 0.